The second kappa shape index (κ2) is 8.06. The van der Waals surface area contributed by atoms with Crippen LogP contribution in [-0.2, 0) is 11.3 Å². The Kier molecular flexibility index (Phi) is 6.62. The van der Waals surface area contributed by atoms with E-state index in [2.05, 4.69) is 11.9 Å². The summed E-state index contributed by atoms with van der Waals surface area (Å²) in [6.07, 6.45) is 0. The molecule has 96 valence electrons. The highest BCUT2D eigenvalue weighted by Gasteiger charge is 1.99. The molecule has 0 unspecified atom stereocenters. The average molecular weight is 238 g/mol. The van der Waals surface area contributed by atoms with Gasteiger partial charge in [0.15, 0.2) is 0 Å². The molecule has 0 saturated heterocycles. The van der Waals surface area contributed by atoms with E-state index in [0.29, 0.717) is 13.2 Å². The van der Waals surface area contributed by atoms with E-state index in [9.17, 15) is 0 Å². The molecule has 0 spiro atoms. The maximum atomic E-state index is 5.66. The molecule has 0 amide bonds. The molecule has 0 bridgehead atoms. The zero-order chi connectivity index (χ0) is 12.5. The highest BCUT2D eigenvalue weighted by molar-refractivity contribution is 5.28. The Morgan fingerprint density at radius 2 is 2.00 bits per heavy atom. The summed E-state index contributed by atoms with van der Waals surface area (Å²) in [4.78, 5) is 2.18. The van der Waals surface area contributed by atoms with Gasteiger partial charge in [-0.3, -0.25) is 0 Å². The zero-order valence-electron chi connectivity index (χ0n) is 10.7. The number of likely N-dealkylation sites (N-methyl/N-ethyl adjacent to an activating group) is 1. The van der Waals surface area contributed by atoms with Gasteiger partial charge in [0.25, 0.3) is 0 Å². The molecule has 0 radical (unpaired) electrons. The molecule has 17 heavy (non-hydrogen) atoms. The van der Waals surface area contributed by atoms with Gasteiger partial charge in [-0.05, 0) is 24.7 Å². The van der Waals surface area contributed by atoms with E-state index < -0.39 is 0 Å². The van der Waals surface area contributed by atoms with Gasteiger partial charge in [0.05, 0.1) is 6.61 Å². The maximum absolute atomic E-state index is 5.66. The lowest BCUT2D eigenvalue weighted by atomic mass is 10.2. The van der Waals surface area contributed by atoms with Gasteiger partial charge in [0, 0.05) is 26.7 Å². The number of ether oxygens (including phenoxy) is 2. The number of hydrogen-bond donors (Lipinski definition) is 1. The van der Waals surface area contributed by atoms with Crippen LogP contribution < -0.4 is 10.5 Å². The molecule has 0 heterocycles. The first-order valence-electron chi connectivity index (χ1n) is 5.85. The standard InChI is InChI=1S/C13H22N2O2/c1-15(6-8-16-2)7-9-17-13-5-3-4-12(10-13)11-14/h3-5,10H,6-9,11,14H2,1-2H3. The van der Waals surface area contributed by atoms with Crippen molar-refractivity contribution in [3.63, 3.8) is 0 Å². The lowest BCUT2D eigenvalue weighted by molar-refractivity contribution is 0.150. The smallest absolute Gasteiger partial charge is 0.119 e. The number of nitrogens with zero attached hydrogens (tertiary/aromatic N) is 1. The van der Waals surface area contributed by atoms with Crippen molar-refractivity contribution in [2.75, 3.05) is 40.5 Å². The van der Waals surface area contributed by atoms with Gasteiger partial charge in [-0.15, -0.1) is 0 Å². The Labute approximate surface area is 103 Å². The normalized spacial score (nSPS) is 10.8. The van der Waals surface area contributed by atoms with Gasteiger partial charge in [-0.2, -0.15) is 0 Å². The molecule has 0 fully saturated rings. The fourth-order valence-corrected chi connectivity index (χ4v) is 1.44. The van der Waals surface area contributed by atoms with E-state index in [4.69, 9.17) is 15.2 Å². The van der Waals surface area contributed by atoms with E-state index in [-0.39, 0.29) is 0 Å². The lowest BCUT2D eigenvalue weighted by Crippen LogP contribution is -2.27. The van der Waals surface area contributed by atoms with Crippen molar-refractivity contribution in [3.8, 4) is 5.75 Å². The van der Waals surface area contributed by atoms with Crippen LogP contribution in [0.25, 0.3) is 0 Å². The highest BCUT2D eigenvalue weighted by Crippen LogP contribution is 2.12. The summed E-state index contributed by atoms with van der Waals surface area (Å²) in [5.41, 5.74) is 6.67. The van der Waals surface area contributed by atoms with Crippen LogP contribution in [0.2, 0.25) is 0 Å². The average Bonchev–Trinajstić information content (AvgIpc) is 2.36. The van der Waals surface area contributed by atoms with Gasteiger partial charge in [0.1, 0.15) is 12.4 Å². The Morgan fingerprint density at radius 3 is 2.71 bits per heavy atom. The Bertz CT molecular complexity index is 318. The van der Waals surface area contributed by atoms with Gasteiger partial charge in [-0.25, -0.2) is 0 Å². The lowest BCUT2D eigenvalue weighted by Gasteiger charge is -2.16. The first-order valence-corrected chi connectivity index (χ1v) is 5.85. The quantitative estimate of drug-likeness (QED) is 0.737. The molecule has 1 aromatic carbocycles. The minimum Gasteiger partial charge on any atom is -0.492 e. The molecule has 1 aromatic rings. The summed E-state index contributed by atoms with van der Waals surface area (Å²) >= 11 is 0. The van der Waals surface area contributed by atoms with E-state index >= 15 is 0 Å². The van der Waals surface area contributed by atoms with Gasteiger partial charge >= 0.3 is 0 Å². The molecule has 0 aromatic heterocycles. The second-order valence-electron chi connectivity index (χ2n) is 4.00. The predicted octanol–water partition coefficient (Wildman–Crippen LogP) is 1.10. The van der Waals surface area contributed by atoms with Crippen molar-refractivity contribution < 1.29 is 9.47 Å². The zero-order valence-corrected chi connectivity index (χ0v) is 10.7. The summed E-state index contributed by atoms with van der Waals surface area (Å²) < 4.78 is 10.7. The van der Waals surface area contributed by atoms with Crippen molar-refractivity contribution in [2.24, 2.45) is 5.73 Å². The number of methoxy groups -OCH3 is 1. The second-order valence-corrected chi connectivity index (χ2v) is 4.00. The van der Waals surface area contributed by atoms with Crippen molar-refractivity contribution >= 4 is 0 Å². The molecule has 0 aliphatic carbocycles. The van der Waals surface area contributed by atoms with Crippen LogP contribution >= 0.6 is 0 Å². The van der Waals surface area contributed by atoms with Crippen LogP contribution in [0.3, 0.4) is 0 Å². The van der Waals surface area contributed by atoms with Crippen molar-refractivity contribution in [1.82, 2.24) is 4.90 Å². The molecule has 2 N–H and O–H groups in total. The number of rotatable bonds is 8. The summed E-state index contributed by atoms with van der Waals surface area (Å²) in [5, 5.41) is 0. The third-order valence-electron chi connectivity index (χ3n) is 2.55. The number of benzene rings is 1. The molecule has 0 aliphatic heterocycles. The first kappa shape index (κ1) is 14.0. The van der Waals surface area contributed by atoms with E-state index in [1.807, 2.05) is 24.3 Å². The van der Waals surface area contributed by atoms with Crippen LogP contribution in [0, 0.1) is 0 Å². The van der Waals surface area contributed by atoms with Crippen LogP contribution in [-0.4, -0.2) is 45.4 Å². The third-order valence-corrected chi connectivity index (χ3v) is 2.55. The maximum Gasteiger partial charge on any atom is 0.119 e. The first-order chi connectivity index (χ1) is 8.26. The summed E-state index contributed by atoms with van der Waals surface area (Å²) in [7, 11) is 3.77. The van der Waals surface area contributed by atoms with E-state index in [1.54, 1.807) is 7.11 Å². The SMILES string of the molecule is COCCN(C)CCOc1cccc(CN)c1. The fraction of sp³-hybridized carbons (Fsp3) is 0.538. The molecule has 4 heteroatoms. The molecule has 0 saturated carbocycles. The topological polar surface area (TPSA) is 47.7 Å². The van der Waals surface area contributed by atoms with Crippen LogP contribution in [0.1, 0.15) is 5.56 Å². The number of hydrogen-bond acceptors (Lipinski definition) is 4. The van der Waals surface area contributed by atoms with Gasteiger partial charge < -0.3 is 20.1 Å². The summed E-state index contributed by atoms with van der Waals surface area (Å²) in [6.45, 7) is 3.78. The third kappa shape index (κ3) is 5.68. The fourth-order valence-electron chi connectivity index (χ4n) is 1.44. The monoisotopic (exact) mass is 238 g/mol. The molecule has 0 aliphatic rings. The van der Waals surface area contributed by atoms with E-state index in [0.717, 1.165) is 31.0 Å². The minimum atomic E-state index is 0.547. The minimum absolute atomic E-state index is 0.547. The molecular weight excluding hydrogens is 216 g/mol. The van der Waals surface area contributed by atoms with Crippen LogP contribution in [0.15, 0.2) is 24.3 Å². The van der Waals surface area contributed by atoms with Gasteiger partial charge in [-0.1, -0.05) is 12.1 Å². The summed E-state index contributed by atoms with van der Waals surface area (Å²) in [6, 6.07) is 7.90. The Hall–Kier alpha value is -1.10. The predicted molar refractivity (Wildman–Crippen MR) is 69.2 cm³/mol. The Morgan fingerprint density at radius 1 is 1.24 bits per heavy atom. The van der Waals surface area contributed by atoms with E-state index in [1.165, 1.54) is 0 Å². The largest absolute Gasteiger partial charge is 0.492 e. The highest BCUT2D eigenvalue weighted by atomic mass is 16.5. The summed E-state index contributed by atoms with van der Waals surface area (Å²) in [5.74, 6) is 0.882. The molecule has 4 nitrogen and oxygen atoms in total. The molecular formula is C13H22N2O2. The van der Waals surface area contributed by atoms with Gasteiger partial charge in [0.2, 0.25) is 0 Å². The molecule has 0 atom stereocenters. The van der Waals surface area contributed by atoms with Crippen molar-refractivity contribution in [3.05, 3.63) is 29.8 Å². The van der Waals surface area contributed by atoms with Crippen LogP contribution in [0.4, 0.5) is 0 Å². The number of nitrogens with two attached hydrogens (primary N) is 1. The van der Waals surface area contributed by atoms with Crippen molar-refractivity contribution in [2.45, 2.75) is 6.54 Å². The molecule has 1 rings (SSSR count). The Balaban J connectivity index is 2.25. The van der Waals surface area contributed by atoms with Crippen molar-refractivity contribution in [1.29, 1.82) is 0 Å². The van der Waals surface area contributed by atoms with Crippen LogP contribution in [0.5, 0.6) is 5.75 Å².